The number of nitrogens with zero attached hydrogens (tertiary/aromatic N) is 2. The van der Waals surface area contributed by atoms with Gasteiger partial charge in [0, 0.05) is 12.2 Å². The summed E-state index contributed by atoms with van der Waals surface area (Å²) in [5.74, 6) is 1.36. The van der Waals surface area contributed by atoms with Gasteiger partial charge in [0.25, 0.3) is 0 Å². The zero-order chi connectivity index (χ0) is 22.7. The molecule has 2 heterocycles. The minimum atomic E-state index is -3.38. The van der Waals surface area contributed by atoms with Crippen molar-refractivity contribution in [2.24, 2.45) is 0 Å². The van der Waals surface area contributed by atoms with Gasteiger partial charge in [0.05, 0.1) is 30.9 Å². The van der Waals surface area contributed by atoms with Crippen molar-refractivity contribution >= 4 is 34.0 Å². The van der Waals surface area contributed by atoms with Crippen molar-refractivity contribution < 1.29 is 27.4 Å². The van der Waals surface area contributed by atoms with Crippen LogP contribution >= 0.6 is 12.4 Å². The maximum Gasteiger partial charge on any atom is 0.414 e. The summed E-state index contributed by atoms with van der Waals surface area (Å²) in [6.07, 6.45) is 0.491. The molecule has 0 spiro atoms. The molecule has 0 bridgehead atoms. The number of sulfone groups is 1. The van der Waals surface area contributed by atoms with Crippen LogP contribution in [-0.2, 0) is 14.6 Å². The van der Waals surface area contributed by atoms with Crippen LogP contribution < -0.4 is 14.4 Å². The molecule has 2 saturated heterocycles. The standard InChI is InChI=1S/C23H28N2O6S.ClH/c1-29-18-5-3-17(4-6-18)25-16-20(31-23(25)26)15-24-13-11-22(12-14-24)32(27,28)21-9-7-19(30-2)8-10-21;/h3-10,20,22H,11-16H2,1-2H3;1H/t20-;/m0./s1. The second-order valence-electron chi connectivity index (χ2n) is 8.03. The Morgan fingerprint density at radius 2 is 1.48 bits per heavy atom. The normalized spacial score (nSPS) is 19.6. The summed E-state index contributed by atoms with van der Waals surface area (Å²) in [5, 5.41) is -0.408. The van der Waals surface area contributed by atoms with Gasteiger partial charge in [-0.05, 0) is 74.5 Å². The molecule has 2 aromatic carbocycles. The lowest BCUT2D eigenvalue weighted by Crippen LogP contribution is -2.43. The van der Waals surface area contributed by atoms with Gasteiger partial charge in [0.1, 0.15) is 17.6 Å². The van der Waals surface area contributed by atoms with E-state index in [2.05, 4.69) is 4.90 Å². The number of benzene rings is 2. The summed E-state index contributed by atoms with van der Waals surface area (Å²) in [5.41, 5.74) is 0.766. The molecule has 2 aliphatic rings. The lowest BCUT2D eigenvalue weighted by molar-refractivity contribution is 0.101. The number of rotatable bonds is 7. The number of cyclic esters (lactones) is 1. The third-order valence-electron chi connectivity index (χ3n) is 6.08. The summed E-state index contributed by atoms with van der Waals surface area (Å²) >= 11 is 0. The number of amides is 1. The van der Waals surface area contributed by atoms with E-state index in [-0.39, 0.29) is 24.6 Å². The van der Waals surface area contributed by atoms with Crippen molar-refractivity contribution in [1.82, 2.24) is 4.90 Å². The molecule has 0 aromatic heterocycles. The Kier molecular flexibility index (Phi) is 8.10. The topological polar surface area (TPSA) is 85.4 Å². The summed E-state index contributed by atoms with van der Waals surface area (Å²) in [6.45, 7) is 2.36. The van der Waals surface area contributed by atoms with Gasteiger partial charge >= 0.3 is 6.09 Å². The van der Waals surface area contributed by atoms with Gasteiger partial charge in [-0.25, -0.2) is 13.2 Å². The first-order valence-electron chi connectivity index (χ1n) is 10.6. The minimum absolute atomic E-state index is 0. The van der Waals surface area contributed by atoms with Crippen LogP contribution in [0, 0.1) is 0 Å². The van der Waals surface area contributed by atoms with Crippen LogP contribution in [0.25, 0.3) is 0 Å². The molecule has 0 unspecified atom stereocenters. The fourth-order valence-electron chi connectivity index (χ4n) is 4.24. The van der Waals surface area contributed by atoms with Gasteiger partial charge in [-0.15, -0.1) is 12.4 Å². The van der Waals surface area contributed by atoms with Gasteiger partial charge in [-0.3, -0.25) is 9.80 Å². The van der Waals surface area contributed by atoms with Crippen molar-refractivity contribution in [1.29, 1.82) is 0 Å². The highest BCUT2D eigenvalue weighted by Gasteiger charge is 2.36. The molecule has 2 aliphatic heterocycles. The molecule has 0 N–H and O–H groups in total. The molecule has 10 heteroatoms. The number of hydrogen-bond donors (Lipinski definition) is 0. The Labute approximate surface area is 200 Å². The molecular weight excluding hydrogens is 468 g/mol. The molecule has 0 aliphatic carbocycles. The van der Waals surface area contributed by atoms with Crippen LogP contribution in [-0.4, -0.2) is 71.2 Å². The first-order chi connectivity index (χ1) is 15.4. The minimum Gasteiger partial charge on any atom is -0.497 e. The average molecular weight is 497 g/mol. The van der Waals surface area contributed by atoms with Crippen molar-refractivity contribution in [3.63, 3.8) is 0 Å². The summed E-state index contributed by atoms with van der Waals surface area (Å²) in [4.78, 5) is 16.5. The number of halogens is 1. The van der Waals surface area contributed by atoms with Gasteiger partial charge in [0.15, 0.2) is 9.84 Å². The quantitative estimate of drug-likeness (QED) is 0.580. The molecule has 4 rings (SSSR count). The van der Waals surface area contributed by atoms with E-state index < -0.39 is 15.1 Å². The molecule has 1 atom stereocenters. The van der Waals surface area contributed by atoms with E-state index in [1.807, 2.05) is 24.3 Å². The van der Waals surface area contributed by atoms with Crippen molar-refractivity contribution in [2.75, 3.05) is 45.3 Å². The number of ether oxygens (including phenoxy) is 3. The number of carbonyl (C=O) groups is 1. The fourth-order valence-corrected chi connectivity index (χ4v) is 5.97. The molecular formula is C23H29ClN2O6S. The van der Waals surface area contributed by atoms with Gasteiger partial charge in [-0.2, -0.15) is 0 Å². The summed E-state index contributed by atoms with van der Waals surface area (Å²) in [7, 11) is -0.233. The van der Waals surface area contributed by atoms with Crippen molar-refractivity contribution in [3.8, 4) is 11.5 Å². The molecule has 8 nitrogen and oxygen atoms in total. The van der Waals surface area contributed by atoms with Crippen molar-refractivity contribution in [3.05, 3.63) is 48.5 Å². The van der Waals surface area contributed by atoms with E-state index in [1.54, 1.807) is 43.4 Å². The van der Waals surface area contributed by atoms with E-state index in [1.165, 1.54) is 0 Å². The lowest BCUT2D eigenvalue weighted by atomic mass is 10.1. The Balaban J connectivity index is 0.00000306. The number of methoxy groups -OCH3 is 2. The van der Waals surface area contributed by atoms with Crippen LogP contribution in [0.3, 0.4) is 0 Å². The van der Waals surface area contributed by atoms with E-state index in [4.69, 9.17) is 14.2 Å². The Bertz CT molecular complexity index is 1040. The van der Waals surface area contributed by atoms with E-state index in [9.17, 15) is 13.2 Å². The number of likely N-dealkylation sites (tertiary alicyclic amines) is 1. The second kappa shape index (κ2) is 10.6. The highest BCUT2D eigenvalue weighted by atomic mass is 35.5. The number of hydrogen-bond acceptors (Lipinski definition) is 7. The maximum atomic E-state index is 13.0. The second-order valence-corrected chi connectivity index (χ2v) is 10.3. The third-order valence-corrected chi connectivity index (χ3v) is 8.36. The zero-order valence-electron chi connectivity index (χ0n) is 18.7. The molecule has 2 aromatic rings. The van der Waals surface area contributed by atoms with E-state index in [0.717, 1.165) is 11.4 Å². The van der Waals surface area contributed by atoms with E-state index >= 15 is 0 Å². The number of piperidine rings is 1. The Morgan fingerprint density at radius 3 is 2.03 bits per heavy atom. The first kappa shape index (κ1) is 25.1. The molecule has 0 radical (unpaired) electrons. The first-order valence-corrected chi connectivity index (χ1v) is 12.2. The number of carbonyl (C=O) groups excluding carboxylic acids is 1. The molecule has 2 fully saturated rings. The monoisotopic (exact) mass is 496 g/mol. The van der Waals surface area contributed by atoms with E-state index in [0.29, 0.717) is 49.7 Å². The average Bonchev–Trinajstić information content (AvgIpc) is 3.19. The lowest BCUT2D eigenvalue weighted by Gasteiger charge is -2.32. The largest absolute Gasteiger partial charge is 0.497 e. The molecule has 0 saturated carbocycles. The molecule has 180 valence electrons. The maximum absolute atomic E-state index is 13.0. The Morgan fingerprint density at radius 1 is 0.939 bits per heavy atom. The Hall–Kier alpha value is -2.49. The SMILES string of the molecule is COc1ccc(N2C[C@H](CN3CCC(S(=O)(=O)c4ccc(OC)cc4)CC3)OC2=O)cc1.Cl. The van der Waals surface area contributed by atoms with Crippen molar-refractivity contribution in [2.45, 2.75) is 29.1 Å². The summed E-state index contributed by atoms with van der Waals surface area (Å²) < 4.78 is 41.8. The fraction of sp³-hybridized carbons (Fsp3) is 0.435. The zero-order valence-corrected chi connectivity index (χ0v) is 20.3. The van der Waals surface area contributed by atoms with Crippen LogP contribution in [0.5, 0.6) is 11.5 Å². The third kappa shape index (κ3) is 5.54. The van der Waals surface area contributed by atoms with Crippen LogP contribution in [0.1, 0.15) is 12.8 Å². The molecule has 33 heavy (non-hydrogen) atoms. The highest BCUT2D eigenvalue weighted by Crippen LogP contribution is 2.28. The van der Waals surface area contributed by atoms with Gasteiger partial charge < -0.3 is 14.2 Å². The van der Waals surface area contributed by atoms with Crippen LogP contribution in [0.4, 0.5) is 10.5 Å². The number of anilines is 1. The molecule has 1 amide bonds. The summed E-state index contributed by atoms with van der Waals surface area (Å²) in [6, 6.07) is 13.8. The highest BCUT2D eigenvalue weighted by molar-refractivity contribution is 7.92. The predicted molar refractivity (Wildman–Crippen MR) is 127 cm³/mol. The predicted octanol–water partition coefficient (Wildman–Crippen LogP) is 3.39. The van der Waals surface area contributed by atoms with Gasteiger partial charge in [0.2, 0.25) is 0 Å². The van der Waals surface area contributed by atoms with Crippen LogP contribution in [0.15, 0.2) is 53.4 Å². The van der Waals surface area contributed by atoms with Crippen LogP contribution in [0.2, 0.25) is 0 Å². The van der Waals surface area contributed by atoms with Gasteiger partial charge in [-0.1, -0.05) is 0 Å². The smallest absolute Gasteiger partial charge is 0.414 e.